The second-order valence-electron chi connectivity index (χ2n) is 6.80. The highest BCUT2D eigenvalue weighted by atomic mass is 35.5. The van der Waals surface area contributed by atoms with Gasteiger partial charge in [-0.25, -0.2) is 4.98 Å². The number of imidazole rings is 1. The number of aryl methyl sites for hydroxylation is 1. The van der Waals surface area contributed by atoms with Crippen molar-refractivity contribution < 1.29 is 0 Å². The van der Waals surface area contributed by atoms with Crippen LogP contribution in [0, 0.1) is 0 Å². The van der Waals surface area contributed by atoms with E-state index in [2.05, 4.69) is 67.5 Å². The van der Waals surface area contributed by atoms with Crippen molar-refractivity contribution in [2.75, 3.05) is 0 Å². The Kier molecular flexibility index (Phi) is 9.44. The van der Waals surface area contributed by atoms with Gasteiger partial charge in [-0.2, -0.15) is 0 Å². The van der Waals surface area contributed by atoms with E-state index in [0.29, 0.717) is 12.5 Å². The molecule has 0 atom stereocenters. The first-order chi connectivity index (χ1) is 13.2. The molecule has 0 saturated carbocycles. The molecule has 1 aromatic carbocycles. The van der Waals surface area contributed by atoms with Gasteiger partial charge in [0.1, 0.15) is 0 Å². The zero-order valence-electron chi connectivity index (χ0n) is 16.4. The Hall–Kier alpha value is -1.78. The van der Waals surface area contributed by atoms with Crippen molar-refractivity contribution in [1.82, 2.24) is 9.55 Å². The third-order valence-electron chi connectivity index (χ3n) is 4.38. The number of aromatic nitrogens is 2. The van der Waals surface area contributed by atoms with E-state index in [9.17, 15) is 0 Å². The maximum absolute atomic E-state index is 5.30. The second kappa shape index (κ2) is 11.8. The Bertz CT molecular complexity index is 782. The number of hydrogen-bond donors (Lipinski definition) is 0. The molecule has 5 heteroatoms. The summed E-state index contributed by atoms with van der Waals surface area (Å²) >= 11 is 7.22. The molecule has 0 aliphatic rings. The fraction of sp³-hybridized carbons (Fsp3) is 0.318. The number of allylic oxidation sites excluding steroid dienone is 1. The van der Waals surface area contributed by atoms with Gasteiger partial charge in [0.05, 0.1) is 6.33 Å². The third kappa shape index (κ3) is 6.71. The van der Waals surface area contributed by atoms with Gasteiger partial charge in [-0.3, -0.25) is 0 Å². The Morgan fingerprint density at radius 2 is 2.00 bits per heavy atom. The smallest absolute Gasteiger partial charge is 0.213 e. The molecular formula is C22H28BClN2S. The molecule has 2 aromatic heterocycles. The van der Waals surface area contributed by atoms with E-state index in [1.807, 2.05) is 28.2 Å². The van der Waals surface area contributed by atoms with Crippen LogP contribution in [0.15, 0.2) is 72.1 Å². The van der Waals surface area contributed by atoms with E-state index in [1.54, 1.807) is 22.9 Å². The van der Waals surface area contributed by atoms with Crippen molar-refractivity contribution in [3.8, 4) is 0 Å². The zero-order chi connectivity index (χ0) is 19.5. The average Bonchev–Trinajstić information content (AvgIpc) is 3.34. The summed E-state index contributed by atoms with van der Waals surface area (Å²) in [6, 6.07) is 13.2. The highest BCUT2D eigenvalue weighted by Crippen LogP contribution is 2.16. The van der Waals surface area contributed by atoms with Crippen molar-refractivity contribution in [2.24, 2.45) is 0 Å². The van der Waals surface area contributed by atoms with Crippen LogP contribution in [0.3, 0.4) is 0 Å². The van der Waals surface area contributed by atoms with Crippen LogP contribution in [-0.4, -0.2) is 16.3 Å². The Balaban J connectivity index is 0.000000244. The number of benzene rings is 1. The van der Waals surface area contributed by atoms with Crippen molar-refractivity contribution in [2.45, 2.75) is 46.0 Å². The van der Waals surface area contributed by atoms with Gasteiger partial charge in [0.15, 0.2) is 0 Å². The molecule has 0 aliphatic heterocycles. The van der Waals surface area contributed by atoms with Crippen LogP contribution in [-0.2, 0) is 13.0 Å². The molecule has 0 unspecified atom stereocenters. The molecule has 0 fully saturated rings. The minimum atomic E-state index is 0.541. The van der Waals surface area contributed by atoms with E-state index in [1.165, 1.54) is 23.8 Å². The Labute approximate surface area is 173 Å². The van der Waals surface area contributed by atoms with Gasteiger partial charge in [-0.15, -0.1) is 11.3 Å². The topological polar surface area (TPSA) is 17.8 Å². The molecule has 3 aromatic rings. The lowest BCUT2D eigenvalue weighted by atomic mass is 9.34. The van der Waals surface area contributed by atoms with Crippen LogP contribution in [0.2, 0.25) is 5.82 Å². The molecule has 0 spiro atoms. The molecule has 2 heterocycles. The molecule has 0 amide bonds. The quantitative estimate of drug-likeness (QED) is 0.490. The van der Waals surface area contributed by atoms with Crippen molar-refractivity contribution in [1.29, 1.82) is 0 Å². The van der Waals surface area contributed by atoms with Gasteiger partial charge in [0.2, 0.25) is 6.71 Å². The van der Waals surface area contributed by atoms with Gasteiger partial charge in [-0.1, -0.05) is 98.0 Å². The summed E-state index contributed by atoms with van der Waals surface area (Å²) in [7, 11) is 0. The van der Waals surface area contributed by atoms with E-state index < -0.39 is 0 Å². The van der Waals surface area contributed by atoms with Gasteiger partial charge in [-0.05, 0) is 16.7 Å². The highest BCUT2D eigenvalue weighted by Gasteiger charge is 2.25. The van der Waals surface area contributed by atoms with Crippen LogP contribution in [0.1, 0.15) is 32.1 Å². The number of halogens is 1. The van der Waals surface area contributed by atoms with Crippen molar-refractivity contribution >= 4 is 40.6 Å². The molecular weight excluding hydrogens is 371 g/mol. The molecule has 0 radical (unpaired) electrons. The molecule has 0 saturated heterocycles. The molecule has 0 bridgehead atoms. The summed E-state index contributed by atoms with van der Waals surface area (Å²) in [5, 5.41) is 2.25. The fourth-order valence-electron chi connectivity index (χ4n) is 3.20. The number of thiophene rings is 1. The highest BCUT2D eigenvalue weighted by molar-refractivity contribution is 7.12. The molecule has 142 valence electrons. The SMILES string of the molecule is CCCc1sccc1B(c1ccccc1)C(C)C.ClC=CCn1ccnc1. The summed E-state index contributed by atoms with van der Waals surface area (Å²) in [4.78, 5) is 5.43. The lowest BCUT2D eigenvalue weighted by Crippen LogP contribution is -2.45. The van der Waals surface area contributed by atoms with Crippen molar-refractivity contribution in [3.05, 3.63) is 77.0 Å². The Morgan fingerprint density at radius 3 is 2.59 bits per heavy atom. The minimum Gasteiger partial charge on any atom is -0.334 e. The first kappa shape index (κ1) is 21.5. The van der Waals surface area contributed by atoms with Crippen LogP contribution >= 0.6 is 22.9 Å². The summed E-state index contributed by atoms with van der Waals surface area (Å²) in [6.07, 6.45) is 9.66. The van der Waals surface area contributed by atoms with E-state index >= 15 is 0 Å². The summed E-state index contributed by atoms with van der Waals surface area (Å²) in [5.41, 5.74) is 4.49. The van der Waals surface area contributed by atoms with Crippen LogP contribution in [0.5, 0.6) is 0 Å². The number of hydrogen-bond acceptors (Lipinski definition) is 2. The first-order valence-electron chi connectivity index (χ1n) is 9.49. The van der Waals surface area contributed by atoms with Crippen LogP contribution in [0.25, 0.3) is 0 Å². The monoisotopic (exact) mass is 398 g/mol. The summed E-state index contributed by atoms with van der Waals surface area (Å²) in [5.74, 6) is 0.637. The normalized spacial score (nSPS) is 10.9. The van der Waals surface area contributed by atoms with E-state index in [4.69, 9.17) is 11.6 Å². The molecule has 2 nitrogen and oxygen atoms in total. The fourth-order valence-corrected chi connectivity index (χ4v) is 4.31. The van der Waals surface area contributed by atoms with E-state index in [-0.39, 0.29) is 0 Å². The third-order valence-corrected chi connectivity index (χ3v) is 5.56. The maximum Gasteiger partial charge on any atom is 0.213 e. The van der Waals surface area contributed by atoms with E-state index in [0.717, 1.165) is 6.54 Å². The second-order valence-corrected chi connectivity index (χ2v) is 8.06. The lowest BCUT2D eigenvalue weighted by molar-refractivity contribution is 0.821. The molecule has 0 aliphatic carbocycles. The predicted octanol–water partition coefficient (Wildman–Crippen LogP) is 5.36. The minimum absolute atomic E-state index is 0.541. The summed E-state index contributed by atoms with van der Waals surface area (Å²) in [6.45, 7) is 8.25. The van der Waals surface area contributed by atoms with Crippen molar-refractivity contribution in [3.63, 3.8) is 0 Å². The number of nitrogens with zero attached hydrogens (tertiary/aromatic N) is 2. The molecule has 27 heavy (non-hydrogen) atoms. The standard InChI is InChI=1S/C16H21BS.C6H7ClN2/c1-4-8-16-15(11-12-18-16)17(13(2)3)14-9-6-5-7-10-14;7-2-1-4-9-5-3-8-6-9/h5-7,9-13H,4,8H2,1-3H3;1-3,5-6H,4H2. The average molecular weight is 399 g/mol. The number of rotatable bonds is 7. The van der Waals surface area contributed by atoms with Crippen LogP contribution < -0.4 is 10.9 Å². The molecule has 3 rings (SSSR count). The predicted molar refractivity (Wildman–Crippen MR) is 122 cm³/mol. The van der Waals surface area contributed by atoms with Gasteiger partial charge in [0, 0.05) is 24.5 Å². The Morgan fingerprint density at radius 1 is 1.22 bits per heavy atom. The largest absolute Gasteiger partial charge is 0.334 e. The van der Waals surface area contributed by atoms with Gasteiger partial charge >= 0.3 is 0 Å². The maximum atomic E-state index is 5.30. The molecule has 0 N–H and O–H groups in total. The van der Waals surface area contributed by atoms with Crippen LogP contribution in [0.4, 0.5) is 0 Å². The zero-order valence-corrected chi connectivity index (χ0v) is 18.0. The van der Waals surface area contributed by atoms with Gasteiger partial charge in [0.25, 0.3) is 0 Å². The first-order valence-corrected chi connectivity index (χ1v) is 10.8. The lowest BCUT2D eigenvalue weighted by Gasteiger charge is -2.18. The summed E-state index contributed by atoms with van der Waals surface area (Å²) < 4.78 is 1.93. The van der Waals surface area contributed by atoms with Gasteiger partial charge < -0.3 is 4.57 Å².